The van der Waals surface area contributed by atoms with E-state index < -0.39 is 23.7 Å². The molecule has 0 saturated carbocycles. The molecule has 7 nitrogen and oxygen atoms in total. The molecule has 2 aromatic carbocycles. The van der Waals surface area contributed by atoms with Crippen LogP contribution in [0, 0.1) is 11.3 Å². The Kier molecular flexibility index (Phi) is 5.32. The summed E-state index contributed by atoms with van der Waals surface area (Å²) in [5.74, 6) is -0.462. The number of aromatic hydroxyl groups is 1. The van der Waals surface area contributed by atoms with E-state index >= 15 is 0 Å². The molecule has 0 spiro atoms. The highest BCUT2D eigenvalue weighted by atomic mass is 19.4. The second kappa shape index (κ2) is 7.85. The Morgan fingerprint density at radius 3 is 2.38 bits per heavy atom. The average Bonchev–Trinajstić information content (AvgIpc) is 2.67. The third kappa shape index (κ3) is 4.59. The molecule has 29 heavy (non-hydrogen) atoms. The highest BCUT2D eigenvalue weighted by Gasteiger charge is 2.30. The lowest BCUT2D eigenvalue weighted by molar-refractivity contribution is -0.137. The van der Waals surface area contributed by atoms with Crippen molar-refractivity contribution in [1.82, 2.24) is 9.97 Å². The molecule has 0 aliphatic rings. The van der Waals surface area contributed by atoms with Crippen molar-refractivity contribution in [3.63, 3.8) is 0 Å². The molecule has 146 valence electrons. The number of hydrogen-bond acceptors (Lipinski definition) is 5. The van der Waals surface area contributed by atoms with Gasteiger partial charge in [-0.15, -0.1) is 0 Å². The summed E-state index contributed by atoms with van der Waals surface area (Å²) in [5, 5.41) is 23.8. The fourth-order valence-electron chi connectivity index (χ4n) is 2.48. The largest absolute Gasteiger partial charge is 0.492 e. The smallest absolute Gasteiger partial charge is 0.416 e. The van der Waals surface area contributed by atoms with Crippen LogP contribution in [0.5, 0.6) is 5.88 Å². The van der Waals surface area contributed by atoms with Gasteiger partial charge in [-0.05, 0) is 36.4 Å². The summed E-state index contributed by atoms with van der Waals surface area (Å²) in [5.41, 5.74) is 0.225. The number of urea groups is 1. The molecule has 1 heterocycles. The van der Waals surface area contributed by atoms with Crippen LogP contribution in [0.2, 0.25) is 0 Å². The van der Waals surface area contributed by atoms with Crippen LogP contribution in [0.4, 0.5) is 29.3 Å². The van der Waals surface area contributed by atoms with Gasteiger partial charge < -0.3 is 15.7 Å². The van der Waals surface area contributed by atoms with Crippen LogP contribution in [0.25, 0.3) is 11.3 Å². The topological polar surface area (TPSA) is 111 Å². The Balaban J connectivity index is 1.75. The van der Waals surface area contributed by atoms with Crippen molar-refractivity contribution in [3.8, 4) is 23.2 Å². The lowest BCUT2D eigenvalue weighted by Gasteiger charge is -2.11. The number of nitrogens with one attached hydrogen (secondary N) is 2. The fourth-order valence-corrected chi connectivity index (χ4v) is 2.48. The molecular weight excluding hydrogens is 387 g/mol. The third-order valence-electron chi connectivity index (χ3n) is 3.80. The van der Waals surface area contributed by atoms with Crippen LogP contribution in [0.3, 0.4) is 0 Å². The van der Waals surface area contributed by atoms with Gasteiger partial charge in [0, 0.05) is 16.9 Å². The minimum atomic E-state index is -4.46. The van der Waals surface area contributed by atoms with Gasteiger partial charge in [-0.1, -0.05) is 12.1 Å². The first-order chi connectivity index (χ1) is 13.8. The quantitative estimate of drug-likeness (QED) is 0.605. The van der Waals surface area contributed by atoms with Crippen LogP contribution in [-0.2, 0) is 6.18 Å². The van der Waals surface area contributed by atoms with Gasteiger partial charge in [-0.3, -0.25) is 0 Å². The second-order valence-electron chi connectivity index (χ2n) is 5.77. The van der Waals surface area contributed by atoms with Gasteiger partial charge in [-0.2, -0.15) is 18.4 Å². The third-order valence-corrected chi connectivity index (χ3v) is 3.80. The lowest BCUT2D eigenvalue weighted by atomic mass is 10.1. The van der Waals surface area contributed by atoms with Gasteiger partial charge in [0.2, 0.25) is 5.88 Å². The first kappa shape index (κ1) is 19.6. The average molecular weight is 399 g/mol. The lowest BCUT2D eigenvalue weighted by Crippen LogP contribution is -2.19. The van der Waals surface area contributed by atoms with Crippen molar-refractivity contribution in [1.29, 1.82) is 5.26 Å². The molecule has 0 saturated heterocycles. The van der Waals surface area contributed by atoms with Gasteiger partial charge in [0.05, 0.1) is 11.3 Å². The first-order valence-electron chi connectivity index (χ1n) is 8.07. The Morgan fingerprint density at radius 2 is 1.72 bits per heavy atom. The van der Waals surface area contributed by atoms with E-state index in [1.165, 1.54) is 6.07 Å². The second-order valence-corrected chi connectivity index (χ2v) is 5.77. The monoisotopic (exact) mass is 399 g/mol. The van der Waals surface area contributed by atoms with Gasteiger partial charge >= 0.3 is 12.2 Å². The van der Waals surface area contributed by atoms with E-state index in [9.17, 15) is 23.1 Å². The number of nitrogens with zero attached hydrogens (tertiary/aromatic N) is 3. The maximum atomic E-state index is 12.6. The van der Waals surface area contributed by atoms with Crippen molar-refractivity contribution in [3.05, 3.63) is 66.0 Å². The van der Waals surface area contributed by atoms with E-state index in [4.69, 9.17) is 5.26 Å². The minimum absolute atomic E-state index is 0.112. The number of halogens is 3. The predicted molar refractivity (Wildman–Crippen MR) is 97.9 cm³/mol. The summed E-state index contributed by atoms with van der Waals surface area (Å²) in [6.07, 6.45) is -3.36. The molecular formula is C19H12F3N5O2. The molecule has 10 heteroatoms. The van der Waals surface area contributed by atoms with Crippen molar-refractivity contribution < 1.29 is 23.1 Å². The van der Waals surface area contributed by atoms with E-state index in [1.807, 2.05) is 6.07 Å². The molecule has 2 amide bonds. The maximum Gasteiger partial charge on any atom is 0.416 e. The number of carbonyl (C=O) groups is 1. The molecule has 0 radical (unpaired) electrons. The number of rotatable bonds is 3. The van der Waals surface area contributed by atoms with Crippen LogP contribution in [-0.4, -0.2) is 21.1 Å². The summed E-state index contributed by atoms with van der Waals surface area (Å²) in [7, 11) is 0. The van der Waals surface area contributed by atoms with Gasteiger partial charge in [0.25, 0.3) is 0 Å². The van der Waals surface area contributed by atoms with E-state index in [2.05, 4.69) is 20.6 Å². The highest BCUT2D eigenvalue weighted by Crippen LogP contribution is 2.30. The van der Waals surface area contributed by atoms with Crippen molar-refractivity contribution in [2.45, 2.75) is 6.18 Å². The van der Waals surface area contributed by atoms with Gasteiger partial charge in [0.15, 0.2) is 0 Å². The van der Waals surface area contributed by atoms with Gasteiger partial charge in [0.1, 0.15) is 18.0 Å². The predicted octanol–water partition coefficient (Wildman–Crippen LogP) is 4.38. The SMILES string of the molecule is N#Cc1c(O)ncnc1-c1cccc(NC(=O)Nc2ccc(C(F)(F)F)cc2)c1. The molecule has 3 rings (SSSR count). The number of amides is 2. The Morgan fingerprint density at radius 1 is 1.03 bits per heavy atom. The molecule has 3 N–H and O–H groups in total. The van der Waals surface area contributed by atoms with Crippen molar-refractivity contribution >= 4 is 17.4 Å². The Hall–Kier alpha value is -4.13. The molecule has 0 aliphatic carbocycles. The Bertz CT molecular complexity index is 1090. The minimum Gasteiger partial charge on any atom is -0.492 e. The van der Waals surface area contributed by atoms with Crippen molar-refractivity contribution in [2.24, 2.45) is 0 Å². The molecule has 0 aliphatic heterocycles. The standard InChI is InChI=1S/C19H12F3N5O2/c20-19(21,22)12-4-6-13(7-5-12)26-18(29)27-14-3-1-2-11(8-14)16-15(9-23)17(28)25-10-24-16/h1-8,10H,(H,24,25,28)(H2,26,27,29). The zero-order valence-corrected chi connectivity index (χ0v) is 14.5. The zero-order chi connectivity index (χ0) is 21.0. The number of benzene rings is 2. The zero-order valence-electron chi connectivity index (χ0n) is 14.5. The number of aromatic nitrogens is 2. The maximum absolute atomic E-state index is 12.6. The number of hydrogen-bond donors (Lipinski definition) is 3. The molecule has 0 unspecified atom stereocenters. The summed E-state index contributed by atoms with van der Waals surface area (Å²) in [6, 6.07) is 11.5. The van der Waals surface area contributed by atoms with Gasteiger partial charge in [-0.25, -0.2) is 14.8 Å². The van der Waals surface area contributed by atoms with E-state index in [-0.39, 0.29) is 16.9 Å². The molecule has 1 aromatic heterocycles. The fraction of sp³-hybridized carbons (Fsp3) is 0.0526. The summed E-state index contributed by atoms with van der Waals surface area (Å²) in [4.78, 5) is 19.7. The first-order valence-corrected chi connectivity index (χ1v) is 8.07. The number of nitriles is 1. The van der Waals surface area contributed by atoms with E-state index in [1.54, 1.807) is 18.2 Å². The number of carbonyl (C=O) groups excluding carboxylic acids is 1. The summed E-state index contributed by atoms with van der Waals surface area (Å²) >= 11 is 0. The molecule has 0 atom stereocenters. The molecule has 0 bridgehead atoms. The summed E-state index contributed by atoms with van der Waals surface area (Å²) < 4.78 is 37.7. The van der Waals surface area contributed by atoms with Crippen molar-refractivity contribution in [2.75, 3.05) is 10.6 Å². The Labute approximate surface area is 162 Å². The molecule has 0 fully saturated rings. The van der Waals surface area contributed by atoms with Crippen LogP contribution in [0.15, 0.2) is 54.9 Å². The highest BCUT2D eigenvalue weighted by molar-refractivity contribution is 6.00. The molecule has 3 aromatic rings. The van der Waals surface area contributed by atoms with Crippen LogP contribution >= 0.6 is 0 Å². The van der Waals surface area contributed by atoms with E-state index in [0.29, 0.717) is 11.3 Å². The van der Waals surface area contributed by atoms with Crippen LogP contribution in [0.1, 0.15) is 11.1 Å². The van der Waals surface area contributed by atoms with Crippen LogP contribution < -0.4 is 10.6 Å². The van der Waals surface area contributed by atoms with E-state index in [0.717, 1.165) is 30.6 Å². The number of anilines is 2. The summed E-state index contributed by atoms with van der Waals surface area (Å²) in [6.45, 7) is 0. The normalized spacial score (nSPS) is 10.8. The number of alkyl halides is 3.